The Bertz CT molecular complexity index is 1040. The van der Waals surface area contributed by atoms with Crippen molar-refractivity contribution in [1.82, 2.24) is 4.98 Å². The molecule has 2 nitrogen and oxygen atoms in total. The highest BCUT2D eigenvalue weighted by Gasteiger charge is 2.29. The van der Waals surface area contributed by atoms with Crippen LogP contribution in [-0.4, -0.2) is 11.2 Å². The summed E-state index contributed by atoms with van der Waals surface area (Å²) in [5, 5.41) is 0. The van der Waals surface area contributed by atoms with E-state index in [0.29, 0.717) is 0 Å². The molecule has 2 aromatic carbocycles. The zero-order chi connectivity index (χ0) is 17.3. The first-order valence-electron chi connectivity index (χ1n) is 8.94. The normalized spacial score (nSPS) is 17.8. The lowest BCUT2D eigenvalue weighted by atomic mass is 9.81. The lowest BCUT2D eigenvalue weighted by molar-refractivity contribution is 0.792. The van der Waals surface area contributed by atoms with E-state index < -0.39 is 0 Å². The van der Waals surface area contributed by atoms with Crippen LogP contribution in [0.15, 0.2) is 95.6 Å². The molecule has 3 aromatic rings. The van der Waals surface area contributed by atoms with Crippen molar-refractivity contribution >= 4 is 11.8 Å². The highest BCUT2D eigenvalue weighted by molar-refractivity contribution is 5.95. The van der Waals surface area contributed by atoms with Gasteiger partial charge < -0.3 is 0 Å². The van der Waals surface area contributed by atoms with Gasteiger partial charge in [-0.25, -0.2) is 0 Å². The number of allylic oxidation sites excluding steroid dienone is 2. The largest absolute Gasteiger partial charge is 0.279 e. The Kier molecular flexibility index (Phi) is 3.60. The Morgan fingerprint density at radius 3 is 2.31 bits per heavy atom. The van der Waals surface area contributed by atoms with Gasteiger partial charge in [0.2, 0.25) is 0 Å². The van der Waals surface area contributed by atoms with Crippen LogP contribution in [0.2, 0.25) is 0 Å². The zero-order valence-electron chi connectivity index (χ0n) is 14.3. The second kappa shape index (κ2) is 6.23. The van der Waals surface area contributed by atoms with Crippen molar-refractivity contribution in [3.8, 4) is 11.1 Å². The van der Waals surface area contributed by atoms with Crippen LogP contribution in [0.4, 0.5) is 0 Å². The number of fused-ring (bicyclic) bond motifs is 3. The van der Waals surface area contributed by atoms with Gasteiger partial charge in [0.25, 0.3) is 0 Å². The highest BCUT2D eigenvalue weighted by Crippen LogP contribution is 2.43. The molecule has 2 heterocycles. The Morgan fingerprint density at radius 1 is 0.808 bits per heavy atom. The van der Waals surface area contributed by atoms with Crippen LogP contribution in [-0.2, 0) is 6.42 Å². The molecule has 1 aromatic heterocycles. The average Bonchev–Trinajstić information content (AvgIpc) is 2.74. The summed E-state index contributed by atoms with van der Waals surface area (Å²) in [7, 11) is 0. The van der Waals surface area contributed by atoms with Gasteiger partial charge in [0.15, 0.2) is 0 Å². The van der Waals surface area contributed by atoms with Crippen molar-refractivity contribution in [3.05, 3.63) is 107 Å². The summed E-state index contributed by atoms with van der Waals surface area (Å²) in [5.41, 5.74) is 8.63. The first-order valence-corrected chi connectivity index (χ1v) is 8.94. The summed E-state index contributed by atoms with van der Waals surface area (Å²) in [5.74, 6) is 0. The monoisotopic (exact) mass is 334 g/mol. The molecule has 124 valence electrons. The van der Waals surface area contributed by atoms with E-state index in [1.54, 1.807) is 0 Å². The van der Waals surface area contributed by atoms with E-state index in [0.717, 1.165) is 12.1 Å². The zero-order valence-corrected chi connectivity index (χ0v) is 14.3. The number of hydrogen-bond acceptors (Lipinski definition) is 2. The first kappa shape index (κ1) is 15.0. The summed E-state index contributed by atoms with van der Waals surface area (Å²) in [6, 6.07) is 23.2. The third-order valence-electron chi connectivity index (χ3n) is 5.13. The molecule has 1 aliphatic heterocycles. The van der Waals surface area contributed by atoms with Crippen LogP contribution < -0.4 is 0 Å². The molecular formula is C24H18N2. The molecule has 2 aliphatic rings. The number of benzene rings is 2. The van der Waals surface area contributed by atoms with Crippen molar-refractivity contribution in [2.75, 3.05) is 0 Å². The molecule has 0 bridgehead atoms. The standard InChI is InChI=1S/C24H18N2/c1-3-7-17(8-4-1)19-13-15-25-23-21(19)11-12-22-20(14-16-26-24(22)23)18-9-5-2-6-10-18/h1-11,13-16,23H,12H2. The third-order valence-corrected chi connectivity index (χ3v) is 5.13. The molecule has 0 saturated heterocycles. The number of aliphatic imine (C=N–C) groups is 1. The lowest BCUT2D eigenvalue weighted by Crippen LogP contribution is -2.16. The topological polar surface area (TPSA) is 25.2 Å². The Labute approximate surface area is 153 Å². The van der Waals surface area contributed by atoms with Crippen molar-refractivity contribution in [2.24, 2.45) is 4.99 Å². The predicted octanol–water partition coefficient (Wildman–Crippen LogP) is 5.44. The fraction of sp³-hybridized carbons (Fsp3) is 0.0833. The van der Waals surface area contributed by atoms with Gasteiger partial charge in [0.1, 0.15) is 6.04 Å². The van der Waals surface area contributed by atoms with Crippen LogP contribution in [0.5, 0.6) is 0 Å². The van der Waals surface area contributed by atoms with Gasteiger partial charge in [0.05, 0.1) is 5.69 Å². The molecular weight excluding hydrogens is 316 g/mol. The number of hydrogen-bond donors (Lipinski definition) is 0. The molecule has 1 atom stereocenters. The lowest BCUT2D eigenvalue weighted by Gasteiger charge is -2.28. The maximum absolute atomic E-state index is 4.77. The van der Waals surface area contributed by atoms with E-state index in [2.05, 4.69) is 78.9 Å². The van der Waals surface area contributed by atoms with Crippen molar-refractivity contribution in [2.45, 2.75) is 12.5 Å². The number of nitrogens with zero attached hydrogens (tertiary/aromatic N) is 2. The fourth-order valence-corrected chi connectivity index (χ4v) is 3.91. The Morgan fingerprint density at radius 2 is 1.54 bits per heavy atom. The van der Waals surface area contributed by atoms with Gasteiger partial charge >= 0.3 is 0 Å². The number of pyridine rings is 1. The van der Waals surface area contributed by atoms with E-state index >= 15 is 0 Å². The second-order valence-electron chi connectivity index (χ2n) is 6.60. The minimum absolute atomic E-state index is 0.0115. The molecule has 0 fully saturated rings. The number of rotatable bonds is 2. The summed E-state index contributed by atoms with van der Waals surface area (Å²) in [6.07, 6.45) is 9.18. The second-order valence-corrected chi connectivity index (χ2v) is 6.60. The van der Waals surface area contributed by atoms with E-state index in [-0.39, 0.29) is 6.04 Å². The molecule has 0 spiro atoms. The SMILES string of the molecule is C1=NC2C(=CCc3c(-c4ccccc4)ccnc32)C(c2ccccc2)=C1. The van der Waals surface area contributed by atoms with Crippen LogP contribution in [0.25, 0.3) is 16.7 Å². The van der Waals surface area contributed by atoms with Gasteiger partial charge in [-0.2, -0.15) is 0 Å². The molecule has 26 heavy (non-hydrogen) atoms. The molecule has 0 N–H and O–H groups in total. The van der Waals surface area contributed by atoms with Crippen LogP contribution in [0, 0.1) is 0 Å². The van der Waals surface area contributed by atoms with E-state index in [9.17, 15) is 0 Å². The Hall–Kier alpha value is -3.26. The smallest absolute Gasteiger partial charge is 0.117 e. The molecule has 0 radical (unpaired) electrons. The van der Waals surface area contributed by atoms with Gasteiger partial charge in [-0.15, -0.1) is 0 Å². The van der Waals surface area contributed by atoms with Gasteiger partial charge in [-0.1, -0.05) is 66.7 Å². The summed E-state index contributed by atoms with van der Waals surface area (Å²) < 4.78 is 0. The molecule has 0 amide bonds. The average molecular weight is 334 g/mol. The quantitative estimate of drug-likeness (QED) is 0.612. The molecule has 5 rings (SSSR count). The van der Waals surface area contributed by atoms with Crippen LogP contribution in [0.1, 0.15) is 22.9 Å². The molecule has 1 unspecified atom stereocenters. The minimum Gasteiger partial charge on any atom is -0.279 e. The van der Waals surface area contributed by atoms with E-state index in [1.165, 1.54) is 33.4 Å². The van der Waals surface area contributed by atoms with Crippen LogP contribution >= 0.6 is 0 Å². The number of aromatic nitrogens is 1. The number of dihydropyridines is 1. The molecule has 0 saturated carbocycles. The highest BCUT2D eigenvalue weighted by atomic mass is 14.9. The van der Waals surface area contributed by atoms with E-state index in [4.69, 9.17) is 9.98 Å². The van der Waals surface area contributed by atoms with Crippen molar-refractivity contribution < 1.29 is 0 Å². The van der Waals surface area contributed by atoms with Crippen molar-refractivity contribution in [1.29, 1.82) is 0 Å². The Balaban J connectivity index is 1.61. The minimum atomic E-state index is -0.0115. The van der Waals surface area contributed by atoms with Gasteiger partial charge in [-0.05, 0) is 52.0 Å². The maximum Gasteiger partial charge on any atom is 0.117 e. The van der Waals surface area contributed by atoms with Crippen LogP contribution in [0.3, 0.4) is 0 Å². The summed E-state index contributed by atoms with van der Waals surface area (Å²) in [4.78, 5) is 9.51. The maximum atomic E-state index is 4.77. The fourth-order valence-electron chi connectivity index (χ4n) is 3.91. The van der Waals surface area contributed by atoms with Gasteiger partial charge in [0, 0.05) is 12.4 Å². The summed E-state index contributed by atoms with van der Waals surface area (Å²) >= 11 is 0. The van der Waals surface area contributed by atoms with E-state index in [1.807, 2.05) is 12.4 Å². The predicted molar refractivity (Wildman–Crippen MR) is 107 cm³/mol. The summed E-state index contributed by atoms with van der Waals surface area (Å²) in [6.45, 7) is 0. The molecule has 2 heteroatoms. The van der Waals surface area contributed by atoms with Gasteiger partial charge in [-0.3, -0.25) is 9.98 Å². The molecule has 1 aliphatic carbocycles. The van der Waals surface area contributed by atoms with Crippen molar-refractivity contribution in [3.63, 3.8) is 0 Å². The first-order chi connectivity index (χ1) is 12.9. The third kappa shape index (κ3) is 2.42.